The maximum Gasteiger partial charge on any atom is 0.475 e. The Morgan fingerprint density at radius 2 is 1.00 bits per heavy atom. The first-order valence-corrected chi connectivity index (χ1v) is 11.3. The summed E-state index contributed by atoms with van der Waals surface area (Å²) < 4.78 is 34.8. The van der Waals surface area contributed by atoms with E-state index in [-0.39, 0.29) is 25.6 Å². The summed E-state index contributed by atoms with van der Waals surface area (Å²) in [5.41, 5.74) is 2.58. The van der Waals surface area contributed by atoms with E-state index in [1.165, 1.54) is 0 Å². The molecule has 0 unspecified atom stereocenters. The van der Waals surface area contributed by atoms with E-state index in [1.54, 1.807) is 0 Å². The largest absolute Gasteiger partial charge is 0.475 e. The number of Topliss-reactive ketones (excluding diaryl/α,β-unsaturated/α-hetero) is 1. The van der Waals surface area contributed by atoms with Crippen molar-refractivity contribution in [2.75, 3.05) is 13.2 Å². The third-order valence-electron chi connectivity index (χ3n) is 4.22. The van der Waals surface area contributed by atoms with E-state index in [1.807, 2.05) is 91.0 Å². The molecule has 3 aromatic carbocycles. The van der Waals surface area contributed by atoms with Gasteiger partial charge in [0.15, 0.2) is 5.78 Å². The highest BCUT2D eigenvalue weighted by Crippen LogP contribution is 2.50. The van der Waals surface area contributed by atoms with Gasteiger partial charge in [0.2, 0.25) is 0 Å². The van der Waals surface area contributed by atoms with Gasteiger partial charge in [-0.1, -0.05) is 91.0 Å². The third kappa shape index (κ3) is 8.58. The first-order chi connectivity index (χ1) is 15.1. The molecule has 0 N–H and O–H groups in total. The van der Waals surface area contributed by atoms with Gasteiger partial charge in [-0.2, -0.15) is 0 Å². The Labute approximate surface area is 182 Å². The Bertz CT molecular complexity index is 916. The molecule has 0 radical (unpaired) electrons. The molecule has 0 saturated carbocycles. The van der Waals surface area contributed by atoms with Gasteiger partial charge < -0.3 is 4.74 Å². The second-order valence-electron chi connectivity index (χ2n) is 6.76. The Morgan fingerprint density at radius 1 is 0.581 bits per heavy atom. The number of phosphoric ester groups is 1. The molecule has 0 aliphatic rings. The van der Waals surface area contributed by atoms with Crippen molar-refractivity contribution < 1.29 is 27.7 Å². The van der Waals surface area contributed by atoms with Gasteiger partial charge in [-0.05, 0) is 16.7 Å². The zero-order valence-corrected chi connectivity index (χ0v) is 18.0. The van der Waals surface area contributed by atoms with Crippen LogP contribution in [0.1, 0.15) is 16.7 Å². The Hall–Kier alpha value is -2.60. The van der Waals surface area contributed by atoms with E-state index < -0.39 is 14.4 Å². The lowest BCUT2D eigenvalue weighted by Gasteiger charge is -2.18. The molecule has 0 saturated heterocycles. The maximum atomic E-state index is 13.1. The summed E-state index contributed by atoms with van der Waals surface area (Å²) in [6.07, 6.45) is 0. The predicted octanol–water partition coefficient (Wildman–Crippen LogP) is 5.33. The first kappa shape index (κ1) is 23.1. The fourth-order valence-electron chi connectivity index (χ4n) is 2.62. The molecule has 0 aliphatic heterocycles. The van der Waals surface area contributed by atoms with Crippen LogP contribution in [0.3, 0.4) is 0 Å². The molecule has 3 aromatic rings. The standard InChI is InChI=1S/C24H25O6P/c25-24(19-27-16-21-10-4-1-5-11-21)20-30-31(26,28-17-22-12-6-2-7-13-22)29-18-23-14-8-3-9-15-23/h1-15H,16-20H2/i20+1. The number of phosphoric acid groups is 1. The summed E-state index contributed by atoms with van der Waals surface area (Å²) in [5.74, 6) is -0.359. The molecule has 31 heavy (non-hydrogen) atoms. The highest BCUT2D eigenvalue weighted by Gasteiger charge is 2.28. The highest BCUT2D eigenvalue weighted by molar-refractivity contribution is 7.48. The van der Waals surface area contributed by atoms with Crippen molar-refractivity contribution in [3.63, 3.8) is 0 Å². The van der Waals surface area contributed by atoms with E-state index in [4.69, 9.17) is 18.3 Å². The van der Waals surface area contributed by atoms with E-state index in [0.717, 1.165) is 16.7 Å². The lowest BCUT2D eigenvalue weighted by atomic mass is 10.2. The van der Waals surface area contributed by atoms with Crippen LogP contribution in [0.2, 0.25) is 0 Å². The number of carbonyl (C=O) groups excluding carboxylic acids is 1. The van der Waals surface area contributed by atoms with Gasteiger partial charge in [0, 0.05) is 0 Å². The van der Waals surface area contributed by atoms with Crippen LogP contribution >= 0.6 is 7.82 Å². The number of rotatable bonds is 13. The zero-order chi connectivity index (χ0) is 21.8. The molecule has 0 spiro atoms. The Kier molecular flexibility index (Phi) is 9.16. The van der Waals surface area contributed by atoms with Crippen LogP contribution in [0.5, 0.6) is 0 Å². The van der Waals surface area contributed by atoms with Gasteiger partial charge in [-0.25, -0.2) is 4.57 Å². The molecule has 7 heteroatoms. The fourth-order valence-corrected chi connectivity index (χ4v) is 3.76. The van der Waals surface area contributed by atoms with Crippen LogP contribution in [0.25, 0.3) is 0 Å². The molecule has 0 heterocycles. The molecular weight excluding hydrogens is 416 g/mol. The molecule has 6 nitrogen and oxygen atoms in total. The van der Waals surface area contributed by atoms with Crippen LogP contribution in [0, 0.1) is 0 Å². The van der Waals surface area contributed by atoms with Crippen molar-refractivity contribution in [3.8, 4) is 0 Å². The number of hydrogen-bond acceptors (Lipinski definition) is 6. The molecule has 0 amide bonds. The maximum absolute atomic E-state index is 13.1. The van der Waals surface area contributed by atoms with Gasteiger partial charge in [0.05, 0.1) is 19.8 Å². The minimum atomic E-state index is -3.97. The summed E-state index contributed by atoms with van der Waals surface area (Å²) >= 11 is 0. The Morgan fingerprint density at radius 3 is 1.45 bits per heavy atom. The van der Waals surface area contributed by atoms with Crippen LogP contribution < -0.4 is 0 Å². The molecule has 0 bridgehead atoms. The van der Waals surface area contributed by atoms with E-state index in [9.17, 15) is 9.36 Å². The number of ketones is 1. The van der Waals surface area contributed by atoms with Crippen molar-refractivity contribution in [3.05, 3.63) is 108 Å². The van der Waals surface area contributed by atoms with E-state index in [0.29, 0.717) is 6.61 Å². The van der Waals surface area contributed by atoms with E-state index in [2.05, 4.69) is 0 Å². The normalized spacial score (nSPS) is 11.4. The molecule has 0 aromatic heterocycles. The van der Waals surface area contributed by atoms with Gasteiger partial charge in [-0.3, -0.25) is 18.4 Å². The number of carbonyl (C=O) groups is 1. The summed E-state index contributed by atoms with van der Waals surface area (Å²) in [6, 6.07) is 28.0. The Balaban J connectivity index is 1.52. The summed E-state index contributed by atoms with van der Waals surface area (Å²) in [5, 5.41) is 0. The van der Waals surface area contributed by atoms with Crippen molar-refractivity contribution in [2.24, 2.45) is 0 Å². The quantitative estimate of drug-likeness (QED) is 0.264. The number of benzene rings is 3. The minimum Gasteiger partial charge on any atom is -0.369 e. The number of hydrogen-bond donors (Lipinski definition) is 0. The van der Waals surface area contributed by atoms with E-state index >= 15 is 0 Å². The van der Waals surface area contributed by atoms with Crippen LogP contribution in [-0.2, 0) is 47.5 Å². The number of ether oxygens (including phenoxy) is 1. The van der Waals surface area contributed by atoms with Gasteiger partial charge >= 0.3 is 7.82 Å². The molecule has 0 fully saturated rings. The third-order valence-corrected chi connectivity index (χ3v) is 5.56. The smallest absolute Gasteiger partial charge is 0.369 e. The lowest BCUT2D eigenvalue weighted by molar-refractivity contribution is -0.126. The topological polar surface area (TPSA) is 71.1 Å². The minimum absolute atomic E-state index is 0.0333. The fraction of sp³-hybridized carbons (Fsp3) is 0.208. The molecule has 162 valence electrons. The average Bonchev–Trinajstić information content (AvgIpc) is 2.82. The highest BCUT2D eigenvalue weighted by atomic mass is 31.2. The van der Waals surface area contributed by atoms with Gasteiger partial charge in [0.1, 0.15) is 13.2 Å². The second-order valence-corrected chi connectivity index (χ2v) is 8.42. The summed E-state index contributed by atoms with van der Waals surface area (Å²) in [6.45, 7) is -0.224. The van der Waals surface area contributed by atoms with Crippen molar-refractivity contribution in [2.45, 2.75) is 19.8 Å². The summed E-state index contributed by atoms with van der Waals surface area (Å²) in [7, 11) is -3.97. The average molecular weight is 441 g/mol. The first-order valence-electron chi connectivity index (χ1n) is 9.88. The van der Waals surface area contributed by atoms with Gasteiger partial charge in [0.25, 0.3) is 0 Å². The molecule has 0 atom stereocenters. The predicted molar refractivity (Wildman–Crippen MR) is 117 cm³/mol. The van der Waals surface area contributed by atoms with Crippen molar-refractivity contribution in [1.29, 1.82) is 0 Å². The molecule has 3 rings (SSSR count). The lowest BCUT2D eigenvalue weighted by Crippen LogP contribution is -2.16. The van der Waals surface area contributed by atoms with Crippen LogP contribution in [-0.4, -0.2) is 19.0 Å². The van der Waals surface area contributed by atoms with Gasteiger partial charge in [-0.15, -0.1) is 0 Å². The molecule has 0 aliphatic carbocycles. The SMILES string of the molecule is O=C(COCc1ccccc1)[13CH2]OP(=O)(OCc1ccccc1)OCc1ccccc1. The zero-order valence-electron chi connectivity index (χ0n) is 17.1. The monoisotopic (exact) mass is 441 g/mol. The van der Waals surface area contributed by atoms with Crippen LogP contribution in [0.4, 0.5) is 0 Å². The second kappa shape index (κ2) is 12.3. The van der Waals surface area contributed by atoms with Crippen molar-refractivity contribution in [1.82, 2.24) is 0 Å². The van der Waals surface area contributed by atoms with Crippen LogP contribution in [0.15, 0.2) is 91.0 Å². The summed E-state index contributed by atoms with van der Waals surface area (Å²) in [4.78, 5) is 12.1. The molecular formula is C24H25O6P. The van der Waals surface area contributed by atoms with Crippen molar-refractivity contribution >= 4 is 13.6 Å².